The van der Waals surface area contributed by atoms with Crippen molar-refractivity contribution < 1.29 is 19.1 Å². The van der Waals surface area contributed by atoms with Crippen molar-refractivity contribution in [3.8, 4) is 0 Å². The molecular weight excluding hydrogens is 426 g/mol. The lowest BCUT2D eigenvalue weighted by Crippen LogP contribution is -2.43. The zero-order chi connectivity index (χ0) is 24.8. The van der Waals surface area contributed by atoms with Crippen LogP contribution in [0.4, 0.5) is 0 Å². The standard InChI is InChI=1S/C29H41NO4/c1-17(2)33-14-8-13-30-25(20-9-11-21(12-10-20)29(5,6)7)24-26(31)22-15-18(3)19(4)16-23(22)34-27(24)28(30)32/h9-12,17-19,22-23,25H,8,13-16H2,1-7H3. The van der Waals surface area contributed by atoms with Crippen LogP contribution in [0.2, 0.25) is 0 Å². The molecule has 1 saturated carbocycles. The van der Waals surface area contributed by atoms with Gasteiger partial charge < -0.3 is 14.4 Å². The Hall–Kier alpha value is -2.14. The second kappa shape index (κ2) is 9.49. The fourth-order valence-corrected chi connectivity index (χ4v) is 5.60. The number of Topliss-reactive ketones (excluding diaryl/α,β-unsaturated/α-hetero) is 1. The zero-order valence-electron chi connectivity index (χ0n) is 21.9. The van der Waals surface area contributed by atoms with Crippen molar-refractivity contribution in [1.29, 1.82) is 0 Å². The first-order valence-electron chi connectivity index (χ1n) is 13.0. The maximum atomic E-state index is 13.9. The van der Waals surface area contributed by atoms with Gasteiger partial charge in [0.25, 0.3) is 5.91 Å². The lowest BCUT2D eigenvalue weighted by molar-refractivity contribution is -0.137. The smallest absolute Gasteiger partial charge is 0.290 e. The maximum Gasteiger partial charge on any atom is 0.290 e. The van der Waals surface area contributed by atoms with Crippen LogP contribution in [0.1, 0.15) is 84.9 Å². The predicted octanol–water partition coefficient (Wildman–Crippen LogP) is 5.59. The van der Waals surface area contributed by atoms with Crippen molar-refractivity contribution in [2.24, 2.45) is 17.8 Å². The molecule has 0 N–H and O–H groups in total. The molecule has 1 aromatic rings. The largest absolute Gasteiger partial charge is 0.483 e. The van der Waals surface area contributed by atoms with E-state index in [9.17, 15) is 9.59 Å². The van der Waals surface area contributed by atoms with Gasteiger partial charge in [0, 0.05) is 13.2 Å². The average Bonchev–Trinajstić information content (AvgIpc) is 3.04. The van der Waals surface area contributed by atoms with E-state index in [0.717, 1.165) is 24.8 Å². The van der Waals surface area contributed by atoms with Gasteiger partial charge in [-0.25, -0.2) is 0 Å². The van der Waals surface area contributed by atoms with Crippen molar-refractivity contribution in [2.75, 3.05) is 13.2 Å². The van der Waals surface area contributed by atoms with E-state index < -0.39 is 6.04 Å². The Kier molecular flexibility index (Phi) is 6.97. The van der Waals surface area contributed by atoms with E-state index in [4.69, 9.17) is 9.47 Å². The molecule has 5 heteroatoms. The summed E-state index contributed by atoms with van der Waals surface area (Å²) in [7, 11) is 0. The molecule has 2 heterocycles. The van der Waals surface area contributed by atoms with Crippen LogP contribution in [0.3, 0.4) is 0 Å². The number of hydrogen-bond acceptors (Lipinski definition) is 4. The quantitative estimate of drug-likeness (QED) is 0.512. The van der Waals surface area contributed by atoms with Crippen LogP contribution in [-0.4, -0.2) is 41.9 Å². The summed E-state index contributed by atoms with van der Waals surface area (Å²) in [5.74, 6) is 1.06. The van der Waals surface area contributed by atoms with Gasteiger partial charge in [0.1, 0.15) is 6.10 Å². The van der Waals surface area contributed by atoms with E-state index in [2.05, 4.69) is 58.9 Å². The van der Waals surface area contributed by atoms with E-state index >= 15 is 0 Å². The van der Waals surface area contributed by atoms with Crippen molar-refractivity contribution in [1.82, 2.24) is 4.90 Å². The minimum Gasteiger partial charge on any atom is -0.483 e. The molecule has 5 atom stereocenters. The summed E-state index contributed by atoms with van der Waals surface area (Å²) >= 11 is 0. The summed E-state index contributed by atoms with van der Waals surface area (Å²) in [4.78, 5) is 29.3. The Balaban J connectivity index is 1.68. The van der Waals surface area contributed by atoms with Crippen molar-refractivity contribution in [2.45, 2.75) is 91.4 Å². The van der Waals surface area contributed by atoms with E-state index in [0.29, 0.717) is 36.3 Å². The molecule has 186 valence electrons. The predicted molar refractivity (Wildman–Crippen MR) is 133 cm³/mol. The zero-order valence-corrected chi connectivity index (χ0v) is 21.9. The topological polar surface area (TPSA) is 55.8 Å². The third kappa shape index (κ3) is 4.68. The first-order valence-corrected chi connectivity index (χ1v) is 13.0. The SMILES string of the molecule is CC(C)OCCCN1C(=O)C2=C(C(=O)C3CC(C)C(C)CC3O2)C1c1ccc(C(C)(C)C)cc1. The van der Waals surface area contributed by atoms with Crippen LogP contribution in [-0.2, 0) is 24.5 Å². The molecular formula is C29H41NO4. The highest BCUT2D eigenvalue weighted by Gasteiger charge is 2.53. The summed E-state index contributed by atoms with van der Waals surface area (Å²) in [5.41, 5.74) is 2.81. The Morgan fingerprint density at radius 2 is 1.71 bits per heavy atom. The number of benzene rings is 1. The number of hydrogen-bond donors (Lipinski definition) is 0. The fraction of sp³-hybridized carbons (Fsp3) is 0.655. The first kappa shape index (κ1) is 25.0. The normalized spacial score (nSPS) is 29.4. The van der Waals surface area contributed by atoms with Crippen LogP contribution in [0.25, 0.3) is 0 Å². The lowest BCUT2D eigenvalue weighted by Gasteiger charge is -2.40. The van der Waals surface area contributed by atoms with Gasteiger partial charge in [0.15, 0.2) is 11.5 Å². The molecule has 1 aliphatic carbocycles. The van der Waals surface area contributed by atoms with E-state index in [1.54, 1.807) is 0 Å². The van der Waals surface area contributed by atoms with Gasteiger partial charge in [-0.05, 0) is 61.5 Å². The third-order valence-electron chi connectivity index (χ3n) is 7.89. The highest BCUT2D eigenvalue weighted by Crippen LogP contribution is 2.48. The van der Waals surface area contributed by atoms with Gasteiger partial charge in [-0.3, -0.25) is 9.59 Å². The minimum absolute atomic E-state index is 0.0360. The lowest BCUT2D eigenvalue weighted by atomic mass is 9.70. The monoisotopic (exact) mass is 467 g/mol. The second-order valence-corrected chi connectivity index (χ2v) is 11.8. The number of ketones is 1. The molecule has 1 fully saturated rings. The van der Waals surface area contributed by atoms with Gasteiger partial charge >= 0.3 is 0 Å². The molecule has 0 spiro atoms. The van der Waals surface area contributed by atoms with Crippen molar-refractivity contribution >= 4 is 11.7 Å². The van der Waals surface area contributed by atoms with Crippen molar-refractivity contribution in [3.05, 3.63) is 46.7 Å². The van der Waals surface area contributed by atoms with Gasteiger partial charge in [-0.1, -0.05) is 58.9 Å². The number of fused-ring (bicyclic) bond motifs is 1. The molecule has 0 saturated heterocycles. The molecule has 5 nitrogen and oxygen atoms in total. The number of carbonyl (C=O) groups is 2. The molecule has 0 bridgehead atoms. The molecule has 2 aliphatic heterocycles. The number of ether oxygens (including phenoxy) is 2. The molecule has 0 radical (unpaired) electrons. The number of nitrogens with zero attached hydrogens (tertiary/aromatic N) is 1. The van der Waals surface area contributed by atoms with Crippen LogP contribution < -0.4 is 0 Å². The first-order chi connectivity index (χ1) is 16.0. The van der Waals surface area contributed by atoms with Gasteiger partial charge in [0.05, 0.1) is 23.6 Å². The average molecular weight is 468 g/mol. The summed E-state index contributed by atoms with van der Waals surface area (Å²) in [5, 5.41) is 0. The van der Waals surface area contributed by atoms with Crippen LogP contribution in [0, 0.1) is 17.8 Å². The molecule has 5 unspecified atom stereocenters. The number of carbonyl (C=O) groups excluding carboxylic acids is 2. The molecule has 1 aromatic carbocycles. The van der Waals surface area contributed by atoms with Gasteiger partial charge in [-0.2, -0.15) is 0 Å². The van der Waals surface area contributed by atoms with Crippen LogP contribution in [0.15, 0.2) is 35.6 Å². The molecule has 1 amide bonds. The van der Waals surface area contributed by atoms with Gasteiger partial charge in [-0.15, -0.1) is 0 Å². The van der Waals surface area contributed by atoms with Crippen LogP contribution >= 0.6 is 0 Å². The number of amides is 1. The molecule has 3 aliphatic rings. The Morgan fingerprint density at radius 1 is 1.06 bits per heavy atom. The summed E-state index contributed by atoms with van der Waals surface area (Å²) in [6, 6.07) is 8.02. The fourth-order valence-electron chi connectivity index (χ4n) is 5.60. The number of rotatable bonds is 6. The van der Waals surface area contributed by atoms with E-state index in [-0.39, 0.29) is 35.2 Å². The molecule has 0 aromatic heterocycles. The van der Waals surface area contributed by atoms with Gasteiger partial charge in [0.2, 0.25) is 0 Å². The Labute approximate surface area is 204 Å². The molecule has 4 rings (SSSR count). The summed E-state index contributed by atoms with van der Waals surface area (Å²) in [6.07, 6.45) is 2.34. The minimum atomic E-state index is -0.390. The Bertz CT molecular complexity index is 955. The second-order valence-electron chi connectivity index (χ2n) is 11.8. The van der Waals surface area contributed by atoms with Crippen molar-refractivity contribution in [3.63, 3.8) is 0 Å². The van der Waals surface area contributed by atoms with Crippen LogP contribution in [0.5, 0.6) is 0 Å². The summed E-state index contributed by atoms with van der Waals surface area (Å²) < 4.78 is 12.1. The van der Waals surface area contributed by atoms with E-state index in [1.807, 2.05) is 18.7 Å². The highest BCUT2D eigenvalue weighted by atomic mass is 16.5. The third-order valence-corrected chi connectivity index (χ3v) is 7.89. The maximum absolute atomic E-state index is 13.9. The van der Waals surface area contributed by atoms with E-state index in [1.165, 1.54) is 5.56 Å². The molecule has 34 heavy (non-hydrogen) atoms. The summed E-state index contributed by atoms with van der Waals surface area (Å²) in [6.45, 7) is 16.1. The Morgan fingerprint density at radius 3 is 2.32 bits per heavy atom. The highest BCUT2D eigenvalue weighted by molar-refractivity contribution is 6.11.